The van der Waals surface area contributed by atoms with E-state index in [0.717, 1.165) is 28.2 Å². The zero-order chi connectivity index (χ0) is 18.2. The average molecular weight is 437 g/mol. The van der Waals surface area contributed by atoms with Gasteiger partial charge in [0.2, 0.25) is 0 Å². The Morgan fingerprint density at radius 3 is 1.88 bits per heavy atom. The fraction of sp³-hybridized carbons (Fsp3) is 0. The summed E-state index contributed by atoms with van der Waals surface area (Å²) in [5.41, 5.74) is 3.00. The number of nitrogens with zero attached hydrogens (tertiary/aromatic N) is 1. The molecule has 0 N–H and O–H groups in total. The van der Waals surface area contributed by atoms with Gasteiger partial charge in [-0.15, -0.1) is 0 Å². The van der Waals surface area contributed by atoms with Crippen LogP contribution in [0.5, 0.6) is 0 Å². The van der Waals surface area contributed by atoms with E-state index in [1.807, 2.05) is 18.2 Å². The molecule has 3 nitrogen and oxygen atoms in total. The zero-order valence-corrected chi connectivity index (χ0v) is 15.9. The number of carbonyl (C=O) groups is 2. The number of aromatic nitrogens is 1. The van der Waals surface area contributed by atoms with Crippen LogP contribution >= 0.6 is 39.1 Å². The molecule has 3 rings (SSSR count). The highest BCUT2D eigenvalue weighted by atomic mass is 79.9. The number of carbonyl (C=O) groups excluding carboxylic acids is 2. The summed E-state index contributed by atoms with van der Waals surface area (Å²) in [5.74, 6) is 0. The molecule has 126 valence electrons. The maximum absolute atomic E-state index is 10.7. The lowest BCUT2D eigenvalue weighted by Gasteiger charge is -2.02. The summed E-state index contributed by atoms with van der Waals surface area (Å²) in [5, 5.41) is 0.959. The van der Waals surface area contributed by atoms with E-state index in [1.165, 1.54) is 0 Å². The second kappa shape index (κ2) is 9.47. The number of halogens is 3. The van der Waals surface area contributed by atoms with Crippen molar-refractivity contribution in [2.75, 3.05) is 0 Å². The molecule has 0 saturated carbocycles. The van der Waals surface area contributed by atoms with E-state index in [2.05, 4.69) is 20.9 Å². The maximum atomic E-state index is 10.7. The van der Waals surface area contributed by atoms with Gasteiger partial charge in [0, 0.05) is 28.0 Å². The SMILES string of the molecule is O=Cc1cc(-c2ccncc2)ccc1Cl.O=Cc1cc(Br)ccc1Cl. The van der Waals surface area contributed by atoms with Gasteiger partial charge in [-0.25, -0.2) is 0 Å². The monoisotopic (exact) mass is 435 g/mol. The van der Waals surface area contributed by atoms with Crippen LogP contribution in [0.1, 0.15) is 20.7 Å². The molecule has 3 aromatic rings. The number of rotatable bonds is 3. The molecule has 1 heterocycles. The Kier molecular flexibility index (Phi) is 7.31. The Morgan fingerprint density at radius 2 is 1.32 bits per heavy atom. The molecular formula is C19H12BrCl2NO2. The van der Waals surface area contributed by atoms with Crippen molar-refractivity contribution in [1.82, 2.24) is 4.98 Å². The minimum Gasteiger partial charge on any atom is -0.298 e. The van der Waals surface area contributed by atoms with Gasteiger partial charge < -0.3 is 0 Å². The van der Waals surface area contributed by atoms with Crippen molar-refractivity contribution in [2.24, 2.45) is 0 Å². The Morgan fingerprint density at radius 1 is 0.760 bits per heavy atom. The van der Waals surface area contributed by atoms with E-state index in [9.17, 15) is 9.59 Å². The van der Waals surface area contributed by atoms with Crippen LogP contribution in [0.15, 0.2) is 65.4 Å². The summed E-state index contributed by atoms with van der Waals surface area (Å²) in [6.07, 6.45) is 4.91. The van der Waals surface area contributed by atoms with Gasteiger partial charge in [0.25, 0.3) is 0 Å². The normalized spacial score (nSPS) is 9.72. The summed E-state index contributed by atoms with van der Waals surface area (Å²) in [4.78, 5) is 24.9. The van der Waals surface area contributed by atoms with E-state index in [1.54, 1.807) is 42.7 Å². The van der Waals surface area contributed by atoms with Crippen LogP contribution in [0.2, 0.25) is 10.0 Å². The van der Waals surface area contributed by atoms with Crippen molar-refractivity contribution >= 4 is 51.7 Å². The molecule has 0 fully saturated rings. The summed E-state index contributed by atoms with van der Waals surface area (Å²) >= 11 is 14.7. The predicted octanol–water partition coefficient (Wildman–Crippen LogP) is 6.13. The summed E-state index contributed by atoms with van der Waals surface area (Å²) in [6.45, 7) is 0. The second-order valence-electron chi connectivity index (χ2n) is 4.87. The lowest BCUT2D eigenvalue weighted by atomic mass is 10.0. The molecule has 6 heteroatoms. The second-order valence-corrected chi connectivity index (χ2v) is 6.60. The molecule has 0 saturated heterocycles. The van der Waals surface area contributed by atoms with Crippen molar-refractivity contribution in [1.29, 1.82) is 0 Å². The van der Waals surface area contributed by atoms with Crippen LogP contribution in [-0.2, 0) is 0 Å². The molecule has 0 radical (unpaired) electrons. The third kappa shape index (κ3) is 5.49. The van der Waals surface area contributed by atoms with E-state index >= 15 is 0 Å². The van der Waals surface area contributed by atoms with Crippen LogP contribution in [-0.4, -0.2) is 17.6 Å². The molecule has 0 amide bonds. The van der Waals surface area contributed by atoms with Crippen molar-refractivity contribution in [2.45, 2.75) is 0 Å². The van der Waals surface area contributed by atoms with Gasteiger partial charge in [-0.3, -0.25) is 14.6 Å². The number of hydrogen-bond acceptors (Lipinski definition) is 3. The minimum atomic E-state index is 0.475. The molecular weight excluding hydrogens is 425 g/mol. The third-order valence-electron chi connectivity index (χ3n) is 3.22. The Labute approximate surface area is 163 Å². The smallest absolute Gasteiger partial charge is 0.151 e. The molecule has 0 aliphatic heterocycles. The number of aldehydes is 2. The van der Waals surface area contributed by atoms with Gasteiger partial charge >= 0.3 is 0 Å². The van der Waals surface area contributed by atoms with Crippen LogP contribution in [0.25, 0.3) is 11.1 Å². The Bertz CT molecular complexity index is 886. The quantitative estimate of drug-likeness (QED) is 0.464. The van der Waals surface area contributed by atoms with Gasteiger partial charge in [0.1, 0.15) is 0 Å². The lowest BCUT2D eigenvalue weighted by Crippen LogP contribution is -1.84. The molecule has 2 aromatic carbocycles. The molecule has 0 unspecified atom stereocenters. The summed E-state index contributed by atoms with van der Waals surface area (Å²) in [6, 6.07) is 14.3. The predicted molar refractivity (Wildman–Crippen MR) is 105 cm³/mol. The number of pyridine rings is 1. The molecule has 1 aromatic heterocycles. The molecule has 0 bridgehead atoms. The van der Waals surface area contributed by atoms with Crippen LogP contribution < -0.4 is 0 Å². The van der Waals surface area contributed by atoms with E-state index in [-0.39, 0.29) is 0 Å². The van der Waals surface area contributed by atoms with Crippen LogP contribution in [0.3, 0.4) is 0 Å². The topological polar surface area (TPSA) is 47.0 Å². The Balaban J connectivity index is 0.000000196. The first-order valence-electron chi connectivity index (χ1n) is 7.10. The molecule has 0 aliphatic rings. The lowest BCUT2D eigenvalue weighted by molar-refractivity contribution is 0.111. The highest BCUT2D eigenvalue weighted by Gasteiger charge is 2.02. The molecule has 25 heavy (non-hydrogen) atoms. The molecule has 0 atom stereocenters. The fourth-order valence-electron chi connectivity index (χ4n) is 1.96. The standard InChI is InChI=1S/C12H8ClNO.C7H4BrClO/c13-12-2-1-10(7-11(12)8-15)9-3-5-14-6-4-9;8-6-1-2-7(9)5(3-6)4-10/h1-8H;1-4H. The maximum Gasteiger partial charge on any atom is 0.151 e. The Hall–Kier alpha value is -2.01. The van der Waals surface area contributed by atoms with Crippen LogP contribution in [0.4, 0.5) is 0 Å². The van der Waals surface area contributed by atoms with Gasteiger partial charge in [-0.2, -0.15) is 0 Å². The van der Waals surface area contributed by atoms with Gasteiger partial charge in [-0.1, -0.05) is 45.2 Å². The summed E-state index contributed by atoms with van der Waals surface area (Å²) < 4.78 is 0.860. The van der Waals surface area contributed by atoms with Crippen molar-refractivity contribution < 1.29 is 9.59 Å². The van der Waals surface area contributed by atoms with Crippen molar-refractivity contribution in [3.8, 4) is 11.1 Å². The van der Waals surface area contributed by atoms with Crippen LogP contribution in [0, 0.1) is 0 Å². The fourth-order valence-corrected chi connectivity index (χ4v) is 2.67. The molecule has 0 spiro atoms. The van der Waals surface area contributed by atoms with E-state index < -0.39 is 0 Å². The highest BCUT2D eigenvalue weighted by Crippen LogP contribution is 2.23. The number of benzene rings is 2. The first kappa shape index (κ1) is 19.3. The van der Waals surface area contributed by atoms with Gasteiger partial charge in [0.15, 0.2) is 12.6 Å². The van der Waals surface area contributed by atoms with Gasteiger partial charge in [-0.05, 0) is 53.6 Å². The average Bonchev–Trinajstić information content (AvgIpc) is 2.65. The summed E-state index contributed by atoms with van der Waals surface area (Å²) in [7, 11) is 0. The largest absolute Gasteiger partial charge is 0.298 e. The minimum absolute atomic E-state index is 0.475. The zero-order valence-electron chi connectivity index (χ0n) is 12.8. The van der Waals surface area contributed by atoms with Gasteiger partial charge in [0.05, 0.1) is 10.0 Å². The number of hydrogen-bond donors (Lipinski definition) is 0. The highest BCUT2D eigenvalue weighted by molar-refractivity contribution is 9.10. The first-order valence-corrected chi connectivity index (χ1v) is 8.65. The third-order valence-corrected chi connectivity index (χ3v) is 4.40. The van der Waals surface area contributed by atoms with Crippen molar-refractivity contribution in [3.63, 3.8) is 0 Å². The first-order chi connectivity index (χ1) is 12.0. The van der Waals surface area contributed by atoms with E-state index in [4.69, 9.17) is 23.2 Å². The van der Waals surface area contributed by atoms with E-state index in [0.29, 0.717) is 21.2 Å². The molecule has 0 aliphatic carbocycles. The van der Waals surface area contributed by atoms with Crippen molar-refractivity contribution in [3.05, 3.63) is 86.6 Å².